The second-order valence-electron chi connectivity index (χ2n) is 6.14. The highest BCUT2D eigenvalue weighted by Gasteiger charge is 2.32. The Morgan fingerprint density at radius 1 is 1.28 bits per heavy atom. The number of urea groups is 1. The quantitative estimate of drug-likeness (QED) is 0.864. The SMILES string of the molecule is CC1CC(C(=O)O)CN(C(=O)Nc2ccc(OCC(F)(F)F)cc2)C1. The number of carbonyl (C=O) groups excluding carboxylic acids is 1. The van der Waals surface area contributed by atoms with E-state index in [1.165, 1.54) is 29.2 Å². The van der Waals surface area contributed by atoms with Gasteiger partial charge in [-0.25, -0.2) is 4.79 Å². The van der Waals surface area contributed by atoms with Crippen LogP contribution in [0.1, 0.15) is 13.3 Å². The second kappa shape index (κ2) is 7.62. The molecule has 0 aliphatic carbocycles. The third kappa shape index (κ3) is 5.84. The maximum Gasteiger partial charge on any atom is 0.422 e. The van der Waals surface area contributed by atoms with Gasteiger partial charge in [-0.15, -0.1) is 0 Å². The van der Waals surface area contributed by atoms with Gasteiger partial charge in [-0.3, -0.25) is 4.79 Å². The summed E-state index contributed by atoms with van der Waals surface area (Å²) in [6.45, 7) is 1.06. The smallest absolute Gasteiger partial charge is 0.422 e. The zero-order chi connectivity index (χ0) is 18.6. The molecule has 0 spiro atoms. The molecule has 1 fully saturated rings. The van der Waals surface area contributed by atoms with E-state index in [1.807, 2.05) is 6.92 Å². The van der Waals surface area contributed by atoms with Crippen molar-refractivity contribution in [2.75, 3.05) is 25.0 Å². The van der Waals surface area contributed by atoms with E-state index in [0.29, 0.717) is 18.7 Å². The molecule has 2 amide bonds. The van der Waals surface area contributed by atoms with Gasteiger partial charge in [0.05, 0.1) is 5.92 Å². The monoisotopic (exact) mass is 360 g/mol. The fourth-order valence-electron chi connectivity index (χ4n) is 2.70. The lowest BCUT2D eigenvalue weighted by atomic mass is 9.91. The van der Waals surface area contributed by atoms with Crippen LogP contribution in [0.4, 0.5) is 23.7 Å². The summed E-state index contributed by atoms with van der Waals surface area (Å²) in [6, 6.07) is 5.04. The van der Waals surface area contributed by atoms with E-state index < -0.39 is 30.7 Å². The number of benzene rings is 1. The van der Waals surface area contributed by atoms with E-state index in [-0.39, 0.29) is 18.2 Å². The van der Waals surface area contributed by atoms with Crippen LogP contribution < -0.4 is 10.1 Å². The highest BCUT2D eigenvalue weighted by atomic mass is 19.4. The molecule has 2 atom stereocenters. The molecule has 0 bridgehead atoms. The Hall–Kier alpha value is -2.45. The number of halogens is 3. The van der Waals surface area contributed by atoms with Crippen LogP contribution in [0.15, 0.2) is 24.3 Å². The van der Waals surface area contributed by atoms with E-state index in [9.17, 15) is 22.8 Å². The van der Waals surface area contributed by atoms with Crippen molar-refractivity contribution >= 4 is 17.7 Å². The number of amides is 2. The topological polar surface area (TPSA) is 78.9 Å². The number of carboxylic acid groups (broad SMARTS) is 1. The zero-order valence-corrected chi connectivity index (χ0v) is 13.5. The van der Waals surface area contributed by atoms with Crippen molar-refractivity contribution in [3.05, 3.63) is 24.3 Å². The molecule has 1 saturated heterocycles. The Labute approximate surface area is 142 Å². The minimum Gasteiger partial charge on any atom is -0.484 e. The molecule has 0 saturated carbocycles. The average Bonchev–Trinajstić information content (AvgIpc) is 2.52. The van der Waals surface area contributed by atoms with E-state index in [1.54, 1.807) is 0 Å². The summed E-state index contributed by atoms with van der Waals surface area (Å²) in [6.07, 6.45) is -3.90. The van der Waals surface area contributed by atoms with Gasteiger partial charge in [0.25, 0.3) is 0 Å². The maximum absolute atomic E-state index is 12.3. The second-order valence-corrected chi connectivity index (χ2v) is 6.14. The van der Waals surface area contributed by atoms with Gasteiger partial charge in [0, 0.05) is 18.8 Å². The van der Waals surface area contributed by atoms with Crippen LogP contribution in [0.2, 0.25) is 0 Å². The van der Waals surface area contributed by atoms with E-state index >= 15 is 0 Å². The van der Waals surface area contributed by atoms with Crippen LogP contribution in [0.25, 0.3) is 0 Å². The fourth-order valence-corrected chi connectivity index (χ4v) is 2.70. The van der Waals surface area contributed by atoms with Crippen molar-refractivity contribution in [2.24, 2.45) is 11.8 Å². The Morgan fingerprint density at radius 2 is 1.92 bits per heavy atom. The summed E-state index contributed by atoms with van der Waals surface area (Å²) in [5, 5.41) is 11.7. The minimum atomic E-state index is -4.42. The first-order valence-electron chi connectivity index (χ1n) is 7.72. The highest BCUT2D eigenvalue weighted by Crippen LogP contribution is 2.24. The summed E-state index contributed by atoms with van der Waals surface area (Å²) in [4.78, 5) is 24.8. The molecule has 0 radical (unpaired) electrons. The normalized spacial score (nSPS) is 20.9. The predicted octanol–water partition coefficient (Wildman–Crippen LogP) is 3.20. The first-order chi connectivity index (χ1) is 11.6. The van der Waals surface area contributed by atoms with Gasteiger partial charge in [-0.1, -0.05) is 6.92 Å². The lowest BCUT2D eigenvalue weighted by molar-refractivity contribution is -0.153. The first kappa shape index (κ1) is 18.9. The number of ether oxygens (including phenoxy) is 1. The molecule has 138 valence electrons. The number of carbonyl (C=O) groups is 2. The third-order valence-electron chi connectivity index (χ3n) is 3.80. The van der Waals surface area contributed by atoms with Crippen LogP contribution in [0, 0.1) is 11.8 Å². The van der Waals surface area contributed by atoms with Crippen LogP contribution >= 0.6 is 0 Å². The van der Waals surface area contributed by atoms with E-state index in [4.69, 9.17) is 5.11 Å². The standard InChI is InChI=1S/C16H19F3N2O4/c1-10-6-11(14(22)23)8-21(7-10)15(24)20-12-2-4-13(5-3-12)25-9-16(17,18)19/h2-5,10-11H,6-9H2,1H3,(H,20,24)(H,22,23). The van der Waals surface area contributed by atoms with Crippen molar-refractivity contribution in [3.8, 4) is 5.75 Å². The van der Waals surface area contributed by atoms with Crippen molar-refractivity contribution in [2.45, 2.75) is 19.5 Å². The molecule has 9 heteroatoms. The number of nitrogens with zero attached hydrogens (tertiary/aromatic N) is 1. The summed E-state index contributed by atoms with van der Waals surface area (Å²) in [5.41, 5.74) is 0.384. The molecular formula is C16H19F3N2O4. The van der Waals surface area contributed by atoms with Gasteiger partial charge in [-0.05, 0) is 36.6 Å². The molecule has 6 nitrogen and oxygen atoms in total. The summed E-state index contributed by atoms with van der Waals surface area (Å²) in [7, 11) is 0. The molecule has 1 aliphatic rings. The van der Waals surface area contributed by atoms with Crippen LogP contribution in [-0.4, -0.2) is 47.9 Å². The predicted molar refractivity (Wildman–Crippen MR) is 83.5 cm³/mol. The molecule has 0 aromatic heterocycles. The number of hydrogen-bond donors (Lipinski definition) is 2. The molecule has 2 unspecified atom stereocenters. The molecule has 2 rings (SSSR count). The third-order valence-corrected chi connectivity index (χ3v) is 3.80. The Kier molecular flexibility index (Phi) is 5.76. The summed E-state index contributed by atoms with van der Waals surface area (Å²) in [5.74, 6) is -1.44. The minimum absolute atomic E-state index is 0.0351. The molecule has 1 heterocycles. The van der Waals surface area contributed by atoms with Crippen molar-refractivity contribution < 1.29 is 32.6 Å². The maximum atomic E-state index is 12.3. The number of hydrogen-bond acceptors (Lipinski definition) is 3. The number of piperidine rings is 1. The van der Waals surface area contributed by atoms with Gasteiger partial charge in [0.1, 0.15) is 5.75 Å². The fraction of sp³-hybridized carbons (Fsp3) is 0.500. The number of carboxylic acids is 1. The average molecular weight is 360 g/mol. The Morgan fingerprint density at radius 3 is 2.48 bits per heavy atom. The molecule has 2 N–H and O–H groups in total. The van der Waals surface area contributed by atoms with Gasteiger partial charge in [0.2, 0.25) is 0 Å². The number of nitrogens with one attached hydrogen (secondary N) is 1. The lowest BCUT2D eigenvalue weighted by Gasteiger charge is -2.34. The van der Waals surface area contributed by atoms with Gasteiger partial charge in [0.15, 0.2) is 6.61 Å². The number of likely N-dealkylation sites (tertiary alicyclic amines) is 1. The van der Waals surface area contributed by atoms with E-state index in [2.05, 4.69) is 10.1 Å². The van der Waals surface area contributed by atoms with Crippen LogP contribution in [-0.2, 0) is 4.79 Å². The molecule has 25 heavy (non-hydrogen) atoms. The number of aliphatic carboxylic acids is 1. The Balaban J connectivity index is 1.92. The van der Waals surface area contributed by atoms with Gasteiger partial charge in [-0.2, -0.15) is 13.2 Å². The van der Waals surface area contributed by atoms with Crippen LogP contribution in [0.3, 0.4) is 0 Å². The first-order valence-corrected chi connectivity index (χ1v) is 7.72. The Bertz CT molecular complexity index is 619. The molecule has 1 aliphatic heterocycles. The molecule has 1 aromatic carbocycles. The summed E-state index contributed by atoms with van der Waals surface area (Å²) < 4.78 is 40.9. The number of rotatable bonds is 4. The molecular weight excluding hydrogens is 341 g/mol. The summed E-state index contributed by atoms with van der Waals surface area (Å²) >= 11 is 0. The number of anilines is 1. The zero-order valence-electron chi connectivity index (χ0n) is 13.5. The lowest BCUT2D eigenvalue weighted by Crippen LogP contribution is -2.47. The van der Waals surface area contributed by atoms with E-state index in [0.717, 1.165) is 0 Å². The van der Waals surface area contributed by atoms with Crippen molar-refractivity contribution in [1.82, 2.24) is 4.90 Å². The van der Waals surface area contributed by atoms with Gasteiger partial charge < -0.3 is 20.1 Å². The van der Waals surface area contributed by atoms with Crippen molar-refractivity contribution in [1.29, 1.82) is 0 Å². The van der Waals surface area contributed by atoms with Gasteiger partial charge >= 0.3 is 18.2 Å². The molecule has 1 aromatic rings. The highest BCUT2D eigenvalue weighted by molar-refractivity contribution is 5.89. The largest absolute Gasteiger partial charge is 0.484 e. The van der Waals surface area contributed by atoms with Crippen LogP contribution in [0.5, 0.6) is 5.75 Å². The van der Waals surface area contributed by atoms with Crippen molar-refractivity contribution in [3.63, 3.8) is 0 Å². The number of alkyl halides is 3.